The first-order chi connectivity index (χ1) is 11.9. The lowest BCUT2D eigenvalue weighted by atomic mass is 9.86. The number of carbonyl (C=O) groups excluding carboxylic acids is 3. The molecule has 25 heavy (non-hydrogen) atoms. The summed E-state index contributed by atoms with van der Waals surface area (Å²) < 4.78 is 0. The van der Waals surface area contributed by atoms with Crippen LogP contribution in [0.3, 0.4) is 0 Å². The molecular weight excluding hydrogens is 318 g/mol. The third kappa shape index (κ3) is 3.67. The van der Waals surface area contributed by atoms with Crippen LogP contribution in [-0.2, 0) is 9.59 Å². The zero-order chi connectivity index (χ0) is 18.0. The third-order valence-corrected chi connectivity index (χ3v) is 5.43. The monoisotopic (exact) mass is 343 g/mol. The fourth-order valence-corrected chi connectivity index (χ4v) is 3.76. The second-order valence-corrected chi connectivity index (χ2v) is 7.25. The topological polar surface area (TPSA) is 78.5 Å². The number of nitrogens with zero attached hydrogens (tertiary/aromatic N) is 1. The molecule has 2 N–H and O–H groups in total. The SMILES string of the molecule is Cc1ccccc1C1CCN(C(=O)CCC2(C)NC(=O)NC2=O)CC1. The lowest BCUT2D eigenvalue weighted by Crippen LogP contribution is -2.45. The van der Waals surface area contributed by atoms with E-state index in [-0.39, 0.29) is 18.2 Å². The van der Waals surface area contributed by atoms with E-state index in [1.807, 2.05) is 4.90 Å². The number of likely N-dealkylation sites (tertiary alicyclic amines) is 1. The fraction of sp³-hybridized carbons (Fsp3) is 0.526. The van der Waals surface area contributed by atoms with Crippen molar-refractivity contribution in [3.63, 3.8) is 0 Å². The van der Waals surface area contributed by atoms with Crippen LogP contribution in [0.4, 0.5) is 4.79 Å². The van der Waals surface area contributed by atoms with Crippen LogP contribution in [0.15, 0.2) is 24.3 Å². The van der Waals surface area contributed by atoms with Gasteiger partial charge in [0.15, 0.2) is 0 Å². The molecule has 134 valence electrons. The fourth-order valence-electron chi connectivity index (χ4n) is 3.76. The highest BCUT2D eigenvalue weighted by Gasteiger charge is 2.42. The summed E-state index contributed by atoms with van der Waals surface area (Å²) in [5.74, 6) is 0.199. The minimum atomic E-state index is -0.980. The predicted molar refractivity (Wildman–Crippen MR) is 94.0 cm³/mol. The Morgan fingerprint density at radius 3 is 2.52 bits per heavy atom. The van der Waals surface area contributed by atoms with Gasteiger partial charge in [-0.3, -0.25) is 14.9 Å². The van der Waals surface area contributed by atoms with Crippen LogP contribution in [0.5, 0.6) is 0 Å². The summed E-state index contributed by atoms with van der Waals surface area (Å²) in [6, 6.07) is 7.95. The van der Waals surface area contributed by atoms with Crippen molar-refractivity contribution >= 4 is 17.8 Å². The molecule has 0 saturated carbocycles. The number of benzene rings is 1. The first-order valence-electron chi connectivity index (χ1n) is 8.86. The smallest absolute Gasteiger partial charge is 0.322 e. The highest BCUT2D eigenvalue weighted by atomic mass is 16.2. The molecular formula is C19H25N3O3. The van der Waals surface area contributed by atoms with Gasteiger partial charge in [0.2, 0.25) is 5.91 Å². The zero-order valence-corrected chi connectivity index (χ0v) is 14.8. The number of aryl methyl sites for hydroxylation is 1. The Hall–Kier alpha value is -2.37. The maximum Gasteiger partial charge on any atom is 0.322 e. The second kappa shape index (κ2) is 6.86. The van der Waals surface area contributed by atoms with E-state index in [0.717, 1.165) is 25.9 Å². The van der Waals surface area contributed by atoms with Crippen LogP contribution in [0.2, 0.25) is 0 Å². The van der Waals surface area contributed by atoms with Crippen LogP contribution in [0.25, 0.3) is 0 Å². The van der Waals surface area contributed by atoms with Crippen LogP contribution in [0.1, 0.15) is 49.7 Å². The van der Waals surface area contributed by atoms with Crippen LogP contribution < -0.4 is 10.6 Å². The van der Waals surface area contributed by atoms with Gasteiger partial charge in [0, 0.05) is 19.5 Å². The van der Waals surface area contributed by atoms with Gasteiger partial charge in [-0.2, -0.15) is 0 Å². The van der Waals surface area contributed by atoms with Gasteiger partial charge < -0.3 is 10.2 Å². The summed E-state index contributed by atoms with van der Waals surface area (Å²) in [7, 11) is 0. The summed E-state index contributed by atoms with van der Waals surface area (Å²) in [5.41, 5.74) is 1.71. The Bertz CT molecular complexity index is 695. The van der Waals surface area contributed by atoms with Crippen molar-refractivity contribution in [1.29, 1.82) is 0 Å². The van der Waals surface area contributed by atoms with Crippen molar-refractivity contribution in [2.45, 2.75) is 51.0 Å². The van der Waals surface area contributed by atoms with Crippen molar-refractivity contribution in [1.82, 2.24) is 15.5 Å². The molecule has 0 aromatic heterocycles. The Morgan fingerprint density at radius 1 is 1.24 bits per heavy atom. The molecule has 1 atom stereocenters. The average Bonchev–Trinajstić information content (AvgIpc) is 2.86. The van der Waals surface area contributed by atoms with E-state index in [1.165, 1.54) is 11.1 Å². The molecule has 2 aliphatic rings. The molecule has 1 aromatic rings. The lowest BCUT2D eigenvalue weighted by Gasteiger charge is -2.33. The molecule has 4 amide bonds. The molecule has 6 heteroatoms. The van der Waals surface area contributed by atoms with Gasteiger partial charge in [0.05, 0.1) is 0 Å². The van der Waals surface area contributed by atoms with Crippen LogP contribution >= 0.6 is 0 Å². The molecule has 6 nitrogen and oxygen atoms in total. The van der Waals surface area contributed by atoms with E-state index in [1.54, 1.807) is 6.92 Å². The molecule has 2 fully saturated rings. The molecule has 2 heterocycles. The number of amides is 4. The van der Waals surface area contributed by atoms with Gasteiger partial charge >= 0.3 is 6.03 Å². The van der Waals surface area contributed by atoms with Crippen molar-refractivity contribution in [3.05, 3.63) is 35.4 Å². The average molecular weight is 343 g/mol. The minimum absolute atomic E-state index is 0.0541. The minimum Gasteiger partial charge on any atom is -0.343 e. The van der Waals surface area contributed by atoms with Gasteiger partial charge in [0.1, 0.15) is 5.54 Å². The number of rotatable bonds is 4. The lowest BCUT2D eigenvalue weighted by molar-refractivity contribution is -0.133. The highest BCUT2D eigenvalue weighted by molar-refractivity contribution is 6.06. The maximum absolute atomic E-state index is 12.5. The number of urea groups is 1. The molecule has 2 saturated heterocycles. The molecule has 0 aliphatic carbocycles. The van der Waals surface area contributed by atoms with E-state index in [4.69, 9.17) is 0 Å². The van der Waals surface area contributed by atoms with Gasteiger partial charge in [-0.1, -0.05) is 24.3 Å². The van der Waals surface area contributed by atoms with Crippen molar-refractivity contribution in [3.8, 4) is 0 Å². The predicted octanol–water partition coefficient (Wildman–Crippen LogP) is 2.08. The normalized spacial score (nSPS) is 24.2. The molecule has 1 unspecified atom stereocenters. The highest BCUT2D eigenvalue weighted by Crippen LogP contribution is 2.30. The van der Waals surface area contributed by atoms with E-state index in [2.05, 4.69) is 41.8 Å². The number of piperidine rings is 1. The molecule has 3 rings (SSSR count). The van der Waals surface area contributed by atoms with E-state index >= 15 is 0 Å². The number of nitrogens with one attached hydrogen (secondary N) is 2. The van der Waals surface area contributed by atoms with Gasteiger partial charge in [-0.05, 0) is 50.2 Å². The first kappa shape index (κ1) is 17.5. The van der Waals surface area contributed by atoms with Crippen molar-refractivity contribution < 1.29 is 14.4 Å². The summed E-state index contributed by atoms with van der Waals surface area (Å²) in [6.07, 6.45) is 2.51. The third-order valence-electron chi connectivity index (χ3n) is 5.43. The van der Waals surface area contributed by atoms with E-state index < -0.39 is 11.6 Å². The van der Waals surface area contributed by atoms with Gasteiger partial charge in [-0.15, -0.1) is 0 Å². The summed E-state index contributed by atoms with van der Waals surface area (Å²) >= 11 is 0. The number of imide groups is 1. The Kier molecular flexibility index (Phi) is 4.79. The Morgan fingerprint density at radius 2 is 1.92 bits per heavy atom. The first-order valence-corrected chi connectivity index (χ1v) is 8.86. The number of hydrogen-bond donors (Lipinski definition) is 2. The molecule has 1 aromatic carbocycles. The largest absolute Gasteiger partial charge is 0.343 e. The van der Waals surface area contributed by atoms with Crippen molar-refractivity contribution in [2.75, 3.05) is 13.1 Å². The zero-order valence-electron chi connectivity index (χ0n) is 14.8. The standard InChI is InChI=1S/C19H25N3O3/c1-13-5-3-4-6-15(13)14-8-11-22(12-9-14)16(23)7-10-19(2)17(24)20-18(25)21-19/h3-6,14H,7-12H2,1-2H3,(H2,20,21,24,25). The van der Waals surface area contributed by atoms with Crippen LogP contribution in [0, 0.1) is 6.92 Å². The molecule has 0 bridgehead atoms. The molecule has 0 spiro atoms. The van der Waals surface area contributed by atoms with Gasteiger partial charge in [-0.25, -0.2) is 4.79 Å². The van der Waals surface area contributed by atoms with Crippen molar-refractivity contribution in [2.24, 2.45) is 0 Å². The Labute approximate surface area is 148 Å². The molecule has 0 radical (unpaired) electrons. The Balaban J connectivity index is 1.51. The van der Waals surface area contributed by atoms with E-state index in [9.17, 15) is 14.4 Å². The maximum atomic E-state index is 12.5. The van der Waals surface area contributed by atoms with Gasteiger partial charge in [0.25, 0.3) is 5.91 Å². The second-order valence-electron chi connectivity index (χ2n) is 7.25. The molecule has 2 aliphatic heterocycles. The van der Waals surface area contributed by atoms with Crippen LogP contribution in [-0.4, -0.2) is 41.4 Å². The number of hydrogen-bond acceptors (Lipinski definition) is 3. The summed E-state index contributed by atoms with van der Waals surface area (Å²) in [5, 5.41) is 4.83. The quantitative estimate of drug-likeness (QED) is 0.822. The number of carbonyl (C=O) groups is 3. The van der Waals surface area contributed by atoms with E-state index in [0.29, 0.717) is 12.3 Å². The summed E-state index contributed by atoms with van der Waals surface area (Å²) in [6.45, 7) is 5.28. The summed E-state index contributed by atoms with van der Waals surface area (Å²) in [4.78, 5) is 37.4.